The zero-order valence-electron chi connectivity index (χ0n) is 10.8. The Balaban J connectivity index is 2.12. The van der Waals surface area contributed by atoms with Gasteiger partial charge in [0, 0.05) is 17.6 Å². The van der Waals surface area contributed by atoms with Crippen molar-refractivity contribution in [3.63, 3.8) is 0 Å². The van der Waals surface area contributed by atoms with Crippen molar-refractivity contribution < 1.29 is 8.42 Å². The Bertz CT molecular complexity index is 562. The van der Waals surface area contributed by atoms with Crippen LogP contribution in [0.15, 0.2) is 23.1 Å². The molecule has 5 nitrogen and oxygen atoms in total. The quantitative estimate of drug-likeness (QED) is 0.822. The summed E-state index contributed by atoms with van der Waals surface area (Å²) >= 11 is 5.82. The summed E-state index contributed by atoms with van der Waals surface area (Å²) in [7, 11) is -1.61. The van der Waals surface area contributed by atoms with E-state index in [0.29, 0.717) is 11.6 Å². The molecule has 0 aliphatic carbocycles. The van der Waals surface area contributed by atoms with Crippen molar-refractivity contribution >= 4 is 27.3 Å². The van der Waals surface area contributed by atoms with Gasteiger partial charge in [-0.05, 0) is 44.6 Å². The third-order valence-corrected chi connectivity index (χ3v) is 5.16. The summed E-state index contributed by atoms with van der Waals surface area (Å²) in [5.74, 6) is 0. The molecule has 106 valence electrons. The Labute approximate surface area is 118 Å². The summed E-state index contributed by atoms with van der Waals surface area (Å²) in [6.07, 6.45) is 2.10. The molecule has 1 unspecified atom stereocenters. The molecular weight excluding hydrogens is 286 g/mol. The van der Waals surface area contributed by atoms with Crippen molar-refractivity contribution in [2.75, 3.05) is 25.9 Å². The predicted molar refractivity (Wildman–Crippen MR) is 76.7 cm³/mol. The van der Waals surface area contributed by atoms with Gasteiger partial charge < -0.3 is 10.6 Å². The Morgan fingerprint density at radius 2 is 2.26 bits per heavy atom. The van der Waals surface area contributed by atoms with Gasteiger partial charge in [-0.2, -0.15) is 0 Å². The van der Waals surface area contributed by atoms with Crippen molar-refractivity contribution in [1.82, 2.24) is 9.62 Å². The number of halogens is 1. The normalized spacial score (nSPS) is 20.8. The number of benzene rings is 1. The van der Waals surface area contributed by atoms with Gasteiger partial charge in [0.05, 0.1) is 5.69 Å². The van der Waals surface area contributed by atoms with E-state index in [9.17, 15) is 8.42 Å². The molecule has 1 fully saturated rings. The molecule has 1 aliphatic rings. The number of sulfonamides is 1. The third-order valence-electron chi connectivity index (χ3n) is 3.45. The van der Waals surface area contributed by atoms with Gasteiger partial charge in [-0.3, -0.25) is 0 Å². The summed E-state index contributed by atoms with van der Waals surface area (Å²) < 4.78 is 27.0. The molecule has 0 spiro atoms. The Kier molecular flexibility index (Phi) is 4.35. The minimum atomic E-state index is -3.61. The predicted octanol–water partition coefficient (Wildman–Crippen LogP) is 1.29. The zero-order chi connectivity index (χ0) is 14.0. The first kappa shape index (κ1) is 14.6. The lowest BCUT2D eigenvalue weighted by Gasteiger charge is -2.20. The molecule has 0 aromatic heterocycles. The number of nitrogens with one attached hydrogen (secondary N) is 1. The van der Waals surface area contributed by atoms with Crippen LogP contribution >= 0.6 is 11.6 Å². The fourth-order valence-electron chi connectivity index (χ4n) is 2.26. The topological polar surface area (TPSA) is 75.4 Å². The van der Waals surface area contributed by atoms with Crippen LogP contribution in [-0.2, 0) is 10.0 Å². The Morgan fingerprint density at radius 1 is 1.53 bits per heavy atom. The van der Waals surface area contributed by atoms with E-state index in [1.54, 1.807) is 6.07 Å². The van der Waals surface area contributed by atoms with E-state index < -0.39 is 10.0 Å². The van der Waals surface area contributed by atoms with E-state index in [1.165, 1.54) is 12.1 Å². The molecule has 1 aliphatic heterocycles. The number of hydrogen-bond donors (Lipinski definition) is 2. The molecule has 1 atom stereocenters. The van der Waals surface area contributed by atoms with Gasteiger partial charge in [-0.25, -0.2) is 13.1 Å². The molecule has 1 saturated heterocycles. The molecule has 0 amide bonds. The largest absolute Gasteiger partial charge is 0.398 e. The molecule has 1 aromatic carbocycles. The summed E-state index contributed by atoms with van der Waals surface area (Å²) in [6, 6.07) is 4.69. The summed E-state index contributed by atoms with van der Waals surface area (Å²) in [6.45, 7) is 1.40. The molecule has 0 bridgehead atoms. The van der Waals surface area contributed by atoms with E-state index in [4.69, 9.17) is 17.3 Å². The number of anilines is 1. The molecule has 0 saturated carbocycles. The highest BCUT2D eigenvalue weighted by Crippen LogP contribution is 2.23. The van der Waals surface area contributed by atoms with E-state index >= 15 is 0 Å². The van der Waals surface area contributed by atoms with Crippen LogP contribution in [-0.4, -0.2) is 39.5 Å². The molecule has 19 heavy (non-hydrogen) atoms. The van der Waals surface area contributed by atoms with Gasteiger partial charge in [-0.1, -0.05) is 11.6 Å². The molecular formula is C12H18ClN3O2S. The third kappa shape index (κ3) is 3.39. The summed E-state index contributed by atoms with van der Waals surface area (Å²) in [4.78, 5) is 2.20. The molecule has 0 radical (unpaired) electrons. The van der Waals surface area contributed by atoms with Crippen LogP contribution in [0, 0.1) is 0 Å². The van der Waals surface area contributed by atoms with Crippen molar-refractivity contribution in [2.24, 2.45) is 0 Å². The van der Waals surface area contributed by atoms with Crippen LogP contribution < -0.4 is 10.5 Å². The number of rotatable bonds is 4. The molecule has 1 heterocycles. The highest BCUT2D eigenvalue weighted by Gasteiger charge is 2.24. The monoisotopic (exact) mass is 303 g/mol. The van der Waals surface area contributed by atoms with Crippen molar-refractivity contribution in [3.05, 3.63) is 23.2 Å². The first-order valence-electron chi connectivity index (χ1n) is 6.15. The lowest BCUT2D eigenvalue weighted by molar-refractivity contribution is 0.311. The van der Waals surface area contributed by atoms with Gasteiger partial charge in [-0.15, -0.1) is 0 Å². The second-order valence-corrected chi connectivity index (χ2v) is 6.98. The molecule has 1 aromatic rings. The number of likely N-dealkylation sites (tertiary alicyclic amines) is 1. The lowest BCUT2D eigenvalue weighted by atomic mass is 10.2. The second-order valence-electron chi connectivity index (χ2n) is 4.81. The fraction of sp³-hybridized carbons (Fsp3) is 0.500. The number of hydrogen-bond acceptors (Lipinski definition) is 4. The van der Waals surface area contributed by atoms with E-state index in [0.717, 1.165) is 19.4 Å². The second kappa shape index (κ2) is 5.66. The molecule has 3 N–H and O–H groups in total. The number of likely N-dealkylation sites (N-methyl/N-ethyl adjacent to an activating group) is 1. The lowest BCUT2D eigenvalue weighted by Crippen LogP contribution is -2.38. The summed E-state index contributed by atoms with van der Waals surface area (Å²) in [5.41, 5.74) is 5.90. The minimum absolute atomic E-state index is 0.0423. The van der Waals surface area contributed by atoms with Crippen LogP contribution in [0.3, 0.4) is 0 Å². The fourth-order valence-corrected chi connectivity index (χ4v) is 3.73. The van der Waals surface area contributed by atoms with Crippen LogP contribution in [0.2, 0.25) is 5.02 Å². The molecule has 2 rings (SSSR count). The van der Waals surface area contributed by atoms with Gasteiger partial charge in [0.1, 0.15) is 4.90 Å². The van der Waals surface area contributed by atoms with Gasteiger partial charge in [0.15, 0.2) is 0 Å². The van der Waals surface area contributed by atoms with E-state index in [2.05, 4.69) is 9.62 Å². The number of nitrogen functional groups attached to an aromatic ring is 1. The Hall–Kier alpha value is -0.820. The van der Waals surface area contributed by atoms with E-state index in [1.807, 2.05) is 7.05 Å². The maximum Gasteiger partial charge on any atom is 0.242 e. The Morgan fingerprint density at radius 3 is 2.89 bits per heavy atom. The van der Waals surface area contributed by atoms with Gasteiger partial charge in [0.25, 0.3) is 0 Å². The van der Waals surface area contributed by atoms with Gasteiger partial charge >= 0.3 is 0 Å². The van der Waals surface area contributed by atoms with Crippen LogP contribution in [0.25, 0.3) is 0 Å². The van der Waals surface area contributed by atoms with Crippen molar-refractivity contribution in [1.29, 1.82) is 0 Å². The maximum atomic E-state index is 12.2. The van der Waals surface area contributed by atoms with Crippen LogP contribution in [0.4, 0.5) is 5.69 Å². The van der Waals surface area contributed by atoms with Crippen LogP contribution in [0.5, 0.6) is 0 Å². The van der Waals surface area contributed by atoms with Crippen molar-refractivity contribution in [3.8, 4) is 0 Å². The zero-order valence-corrected chi connectivity index (χ0v) is 12.3. The maximum absolute atomic E-state index is 12.2. The number of nitrogens with zero attached hydrogens (tertiary/aromatic N) is 1. The molecule has 7 heteroatoms. The SMILES string of the molecule is CN1CCCC1CNS(=O)(=O)c1cc(Cl)ccc1N. The van der Waals surface area contributed by atoms with Crippen LogP contribution in [0.1, 0.15) is 12.8 Å². The van der Waals surface area contributed by atoms with E-state index in [-0.39, 0.29) is 16.6 Å². The highest BCUT2D eigenvalue weighted by atomic mass is 35.5. The first-order valence-corrected chi connectivity index (χ1v) is 8.01. The highest BCUT2D eigenvalue weighted by molar-refractivity contribution is 7.89. The average molecular weight is 304 g/mol. The smallest absolute Gasteiger partial charge is 0.242 e. The van der Waals surface area contributed by atoms with Gasteiger partial charge in [0.2, 0.25) is 10.0 Å². The number of nitrogens with two attached hydrogens (primary N) is 1. The first-order chi connectivity index (χ1) is 8.90. The van der Waals surface area contributed by atoms with Crippen molar-refractivity contribution in [2.45, 2.75) is 23.8 Å². The standard InChI is InChI=1S/C12H18ClN3O2S/c1-16-6-2-3-10(16)8-15-19(17,18)12-7-9(13)4-5-11(12)14/h4-5,7,10,15H,2-3,6,8,14H2,1H3. The summed E-state index contributed by atoms with van der Waals surface area (Å²) in [5, 5.41) is 0.354. The average Bonchev–Trinajstić information content (AvgIpc) is 2.75. The minimum Gasteiger partial charge on any atom is -0.398 e.